The Bertz CT molecular complexity index is 1390. The van der Waals surface area contributed by atoms with Gasteiger partial charge in [-0.05, 0) is 42.8 Å². The number of hydrogen-bond acceptors (Lipinski definition) is 3. The summed E-state index contributed by atoms with van der Waals surface area (Å²) in [6, 6.07) is 19.4. The van der Waals surface area contributed by atoms with Crippen molar-refractivity contribution in [3.8, 4) is 17.5 Å². The van der Waals surface area contributed by atoms with E-state index in [9.17, 15) is 18.0 Å². The molecule has 4 rings (SSSR count). The standard InChI is InChI=1S/C26H21F3N4O/c1-2-3-13-33-23-12-10-18(14-22(23)32-24(33)17-7-5-4-6-8-17)25(34)31-20-11-9-19(16-30)21(15-20)26(27,28)29/h4-12,14-15H,2-3,13H2,1H3,(H,31,34). The van der Waals surface area contributed by atoms with Crippen molar-refractivity contribution in [2.75, 3.05) is 5.32 Å². The fourth-order valence-corrected chi connectivity index (χ4v) is 3.78. The van der Waals surface area contributed by atoms with Gasteiger partial charge in [0.25, 0.3) is 5.91 Å². The van der Waals surface area contributed by atoms with Gasteiger partial charge in [0.15, 0.2) is 0 Å². The van der Waals surface area contributed by atoms with Crippen LogP contribution in [0.4, 0.5) is 18.9 Å². The predicted molar refractivity (Wildman–Crippen MR) is 124 cm³/mol. The number of nitrogens with zero attached hydrogens (tertiary/aromatic N) is 3. The third-order valence-electron chi connectivity index (χ3n) is 5.48. The van der Waals surface area contributed by atoms with Crippen LogP contribution >= 0.6 is 0 Å². The Morgan fingerprint density at radius 2 is 1.85 bits per heavy atom. The third-order valence-corrected chi connectivity index (χ3v) is 5.48. The average Bonchev–Trinajstić information content (AvgIpc) is 3.20. The molecule has 0 aliphatic heterocycles. The highest BCUT2D eigenvalue weighted by molar-refractivity contribution is 6.06. The van der Waals surface area contributed by atoms with E-state index in [2.05, 4.69) is 16.8 Å². The van der Waals surface area contributed by atoms with Crippen LogP contribution < -0.4 is 5.32 Å². The Labute approximate surface area is 194 Å². The summed E-state index contributed by atoms with van der Waals surface area (Å²) in [5.41, 5.74) is 1.08. The maximum absolute atomic E-state index is 13.2. The number of amides is 1. The number of halogens is 3. The summed E-state index contributed by atoms with van der Waals surface area (Å²) in [6.45, 7) is 2.88. The van der Waals surface area contributed by atoms with Crippen LogP contribution in [-0.4, -0.2) is 15.5 Å². The Kier molecular flexibility index (Phi) is 6.37. The number of hydrogen-bond donors (Lipinski definition) is 1. The van der Waals surface area contributed by atoms with Crippen LogP contribution in [0.25, 0.3) is 22.4 Å². The molecule has 0 atom stereocenters. The van der Waals surface area contributed by atoms with Gasteiger partial charge in [0.05, 0.1) is 28.2 Å². The van der Waals surface area contributed by atoms with Crippen molar-refractivity contribution in [2.24, 2.45) is 0 Å². The average molecular weight is 462 g/mol. The molecule has 172 valence electrons. The molecule has 0 unspecified atom stereocenters. The summed E-state index contributed by atoms with van der Waals surface area (Å²) in [4.78, 5) is 17.6. The van der Waals surface area contributed by atoms with Gasteiger partial charge in [0.2, 0.25) is 0 Å². The van der Waals surface area contributed by atoms with Crippen LogP contribution in [0.2, 0.25) is 0 Å². The Morgan fingerprint density at radius 1 is 1.09 bits per heavy atom. The number of alkyl halides is 3. The number of aromatic nitrogens is 2. The summed E-state index contributed by atoms with van der Waals surface area (Å²) >= 11 is 0. The first-order valence-electron chi connectivity index (χ1n) is 10.8. The highest BCUT2D eigenvalue weighted by Crippen LogP contribution is 2.34. The van der Waals surface area contributed by atoms with Crippen molar-refractivity contribution < 1.29 is 18.0 Å². The zero-order chi connectivity index (χ0) is 24.3. The number of fused-ring (bicyclic) bond motifs is 1. The van der Waals surface area contributed by atoms with Crippen molar-refractivity contribution in [3.05, 3.63) is 83.4 Å². The fraction of sp³-hybridized carbons (Fsp3) is 0.192. The minimum absolute atomic E-state index is 0.0464. The third kappa shape index (κ3) is 4.64. The lowest BCUT2D eigenvalue weighted by molar-refractivity contribution is -0.137. The molecule has 0 spiro atoms. The molecule has 0 saturated carbocycles. The minimum atomic E-state index is -4.70. The zero-order valence-electron chi connectivity index (χ0n) is 18.4. The molecule has 1 amide bonds. The van der Waals surface area contributed by atoms with Crippen LogP contribution in [0, 0.1) is 11.3 Å². The van der Waals surface area contributed by atoms with Crippen molar-refractivity contribution in [1.82, 2.24) is 9.55 Å². The normalized spacial score (nSPS) is 11.4. The van der Waals surface area contributed by atoms with Gasteiger partial charge in [-0.2, -0.15) is 18.4 Å². The van der Waals surface area contributed by atoms with Gasteiger partial charge >= 0.3 is 6.18 Å². The van der Waals surface area contributed by atoms with E-state index in [1.165, 1.54) is 12.1 Å². The summed E-state index contributed by atoms with van der Waals surface area (Å²) in [7, 11) is 0. The first kappa shape index (κ1) is 23.1. The first-order chi connectivity index (χ1) is 16.3. The lowest BCUT2D eigenvalue weighted by atomic mass is 10.1. The van der Waals surface area contributed by atoms with Gasteiger partial charge in [0, 0.05) is 23.4 Å². The molecule has 5 nitrogen and oxygen atoms in total. The number of nitriles is 1. The van der Waals surface area contributed by atoms with E-state index in [0.717, 1.165) is 48.4 Å². The number of imidazole rings is 1. The topological polar surface area (TPSA) is 70.7 Å². The van der Waals surface area contributed by atoms with Crippen LogP contribution in [0.1, 0.15) is 41.3 Å². The SMILES string of the molecule is CCCCn1c(-c2ccccc2)nc2cc(C(=O)Nc3ccc(C#N)c(C(F)(F)F)c3)ccc21. The number of nitrogens with one attached hydrogen (secondary N) is 1. The lowest BCUT2D eigenvalue weighted by Gasteiger charge is -2.12. The molecular formula is C26H21F3N4O. The highest BCUT2D eigenvalue weighted by Gasteiger charge is 2.34. The molecule has 4 aromatic rings. The Balaban J connectivity index is 1.68. The molecule has 0 aliphatic carbocycles. The van der Waals surface area contributed by atoms with Gasteiger partial charge < -0.3 is 9.88 Å². The lowest BCUT2D eigenvalue weighted by Crippen LogP contribution is -2.14. The second-order valence-corrected chi connectivity index (χ2v) is 7.83. The number of rotatable bonds is 6. The number of unbranched alkanes of at least 4 members (excludes halogenated alkanes) is 1. The number of aryl methyl sites for hydroxylation is 1. The summed E-state index contributed by atoms with van der Waals surface area (Å²) < 4.78 is 41.9. The van der Waals surface area contributed by atoms with Crippen molar-refractivity contribution >= 4 is 22.6 Å². The van der Waals surface area contributed by atoms with Crippen molar-refractivity contribution in [1.29, 1.82) is 5.26 Å². The summed E-state index contributed by atoms with van der Waals surface area (Å²) in [6.07, 6.45) is -2.73. The summed E-state index contributed by atoms with van der Waals surface area (Å²) in [5, 5.41) is 11.4. The van der Waals surface area contributed by atoms with Crippen LogP contribution in [0.15, 0.2) is 66.7 Å². The molecule has 1 aromatic heterocycles. The second kappa shape index (κ2) is 9.40. The fourth-order valence-electron chi connectivity index (χ4n) is 3.78. The predicted octanol–water partition coefficient (Wildman–Crippen LogP) is 6.65. The van der Waals surface area contributed by atoms with Crippen molar-refractivity contribution in [3.63, 3.8) is 0 Å². The number of anilines is 1. The molecule has 1 N–H and O–H groups in total. The first-order valence-corrected chi connectivity index (χ1v) is 10.8. The van der Waals surface area contributed by atoms with E-state index in [1.807, 2.05) is 30.3 Å². The molecule has 1 heterocycles. The molecule has 0 bridgehead atoms. The van der Waals surface area contributed by atoms with E-state index in [1.54, 1.807) is 18.2 Å². The van der Waals surface area contributed by atoms with Gasteiger partial charge in [-0.25, -0.2) is 4.98 Å². The summed E-state index contributed by atoms with van der Waals surface area (Å²) in [5.74, 6) is 0.229. The molecule has 8 heteroatoms. The van der Waals surface area contributed by atoms with E-state index in [4.69, 9.17) is 10.2 Å². The monoisotopic (exact) mass is 462 g/mol. The van der Waals surface area contributed by atoms with Gasteiger partial charge in [-0.15, -0.1) is 0 Å². The van der Waals surface area contributed by atoms with Gasteiger partial charge in [0.1, 0.15) is 5.82 Å². The molecule has 0 radical (unpaired) electrons. The van der Waals surface area contributed by atoms with Gasteiger partial charge in [-0.3, -0.25) is 4.79 Å². The molecule has 0 aliphatic rings. The molecule has 0 fully saturated rings. The quantitative estimate of drug-likeness (QED) is 0.349. The molecule has 0 saturated heterocycles. The maximum atomic E-state index is 13.2. The van der Waals surface area contributed by atoms with Crippen LogP contribution in [0.3, 0.4) is 0 Å². The number of carbonyl (C=O) groups is 1. The largest absolute Gasteiger partial charge is 0.417 e. The number of carbonyl (C=O) groups excluding carboxylic acids is 1. The maximum Gasteiger partial charge on any atom is 0.417 e. The molecule has 34 heavy (non-hydrogen) atoms. The van der Waals surface area contributed by atoms with Gasteiger partial charge in [-0.1, -0.05) is 43.7 Å². The Morgan fingerprint density at radius 3 is 2.53 bits per heavy atom. The second-order valence-electron chi connectivity index (χ2n) is 7.83. The smallest absolute Gasteiger partial charge is 0.324 e. The zero-order valence-corrected chi connectivity index (χ0v) is 18.4. The van der Waals surface area contributed by atoms with Crippen molar-refractivity contribution in [2.45, 2.75) is 32.5 Å². The van der Waals surface area contributed by atoms with Crippen LogP contribution in [-0.2, 0) is 12.7 Å². The molecular weight excluding hydrogens is 441 g/mol. The highest BCUT2D eigenvalue weighted by atomic mass is 19.4. The van der Waals surface area contributed by atoms with E-state index < -0.39 is 23.2 Å². The minimum Gasteiger partial charge on any atom is -0.324 e. The van der Waals surface area contributed by atoms with Crippen LogP contribution in [0.5, 0.6) is 0 Å². The van der Waals surface area contributed by atoms with E-state index in [0.29, 0.717) is 5.52 Å². The molecule has 3 aromatic carbocycles. The number of benzene rings is 3. The van der Waals surface area contributed by atoms with E-state index >= 15 is 0 Å². The van der Waals surface area contributed by atoms with E-state index in [-0.39, 0.29) is 11.3 Å². The Hall–Kier alpha value is -4.12.